The van der Waals surface area contributed by atoms with Gasteiger partial charge in [0.05, 0.1) is 4.47 Å². The van der Waals surface area contributed by atoms with Crippen LogP contribution in [0.2, 0.25) is 0 Å². The lowest BCUT2D eigenvalue weighted by molar-refractivity contribution is -0.139. The first kappa shape index (κ1) is 13.2. The van der Waals surface area contributed by atoms with Crippen LogP contribution in [-0.4, -0.2) is 23.9 Å². The lowest BCUT2D eigenvalue weighted by Crippen LogP contribution is -2.33. The maximum Gasteiger partial charge on any atom is 0.325 e. The molecule has 0 bridgehead atoms. The van der Waals surface area contributed by atoms with Crippen LogP contribution < -0.4 is 14.8 Å². The normalized spacial score (nSPS) is 14.9. The number of benzene rings is 1. The van der Waals surface area contributed by atoms with Gasteiger partial charge in [-0.15, -0.1) is 0 Å². The van der Waals surface area contributed by atoms with Crippen LogP contribution in [0.3, 0.4) is 0 Å². The van der Waals surface area contributed by atoms with E-state index in [9.17, 15) is 9.90 Å². The van der Waals surface area contributed by atoms with Crippen molar-refractivity contribution in [1.82, 2.24) is 5.32 Å². The molecule has 0 aromatic heterocycles. The van der Waals surface area contributed by atoms with Crippen molar-refractivity contribution in [1.29, 1.82) is 0 Å². The van der Waals surface area contributed by atoms with Crippen LogP contribution in [0.4, 0.5) is 0 Å². The van der Waals surface area contributed by atoms with Crippen LogP contribution in [0.15, 0.2) is 16.6 Å². The summed E-state index contributed by atoms with van der Waals surface area (Å²) in [6, 6.07) is 2.73. The molecular formula is C12H14BrNO4. The van der Waals surface area contributed by atoms with Crippen LogP contribution in [0, 0.1) is 0 Å². The first-order valence-corrected chi connectivity index (χ1v) is 6.36. The van der Waals surface area contributed by atoms with E-state index in [1.165, 1.54) is 0 Å². The van der Waals surface area contributed by atoms with Gasteiger partial charge in [0.15, 0.2) is 11.5 Å². The molecule has 1 unspecified atom stereocenters. The Hall–Kier alpha value is -1.27. The molecule has 0 fully saturated rings. The molecular weight excluding hydrogens is 302 g/mol. The number of hydrogen-bond donors (Lipinski definition) is 2. The first-order valence-electron chi connectivity index (χ1n) is 5.57. The van der Waals surface area contributed by atoms with Crippen molar-refractivity contribution in [3.63, 3.8) is 0 Å². The van der Waals surface area contributed by atoms with E-state index in [4.69, 9.17) is 9.47 Å². The maximum absolute atomic E-state index is 11.3. The number of aliphatic carboxylic acids is 1. The van der Waals surface area contributed by atoms with Crippen LogP contribution in [0.1, 0.15) is 25.5 Å². The molecule has 2 N–H and O–H groups in total. The largest absolute Gasteiger partial charge is 0.480 e. The Kier molecular flexibility index (Phi) is 3.77. The summed E-state index contributed by atoms with van der Waals surface area (Å²) in [5, 5.41) is 12.3. The van der Waals surface area contributed by atoms with Crippen molar-refractivity contribution in [2.75, 3.05) is 6.79 Å². The quantitative estimate of drug-likeness (QED) is 0.892. The SMILES string of the molecule is CC(C)NC(C(=O)O)c1cc(Br)c2c(c1)OCO2. The second-order valence-corrected chi connectivity index (χ2v) is 5.18. The van der Waals surface area contributed by atoms with Crippen molar-refractivity contribution in [2.45, 2.75) is 25.9 Å². The minimum atomic E-state index is -0.922. The van der Waals surface area contributed by atoms with Gasteiger partial charge in [-0.25, -0.2) is 0 Å². The minimum Gasteiger partial charge on any atom is -0.480 e. The second kappa shape index (κ2) is 5.16. The number of fused-ring (bicyclic) bond motifs is 1. The molecule has 5 nitrogen and oxygen atoms in total. The summed E-state index contributed by atoms with van der Waals surface area (Å²) in [6.07, 6.45) is 0. The average molecular weight is 316 g/mol. The third-order valence-electron chi connectivity index (χ3n) is 2.53. The third-order valence-corrected chi connectivity index (χ3v) is 3.12. The molecule has 1 aromatic rings. The lowest BCUT2D eigenvalue weighted by atomic mass is 10.1. The van der Waals surface area contributed by atoms with Gasteiger partial charge in [0.25, 0.3) is 0 Å². The highest BCUT2D eigenvalue weighted by atomic mass is 79.9. The predicted octanol–water partition coefficient (Wildman–Crippen LogP) is 2.30. The Morgan fingerprint density at radius 3 is 2.78 bits per heavy atom. The fraction of sp³-hybridized carbons (Fsp3) is 0.417. The van der Waals surface area contributed by atoms with Crippen LogP contribution >= 0.6 is 15.9 Å². The molecule has 98 valence electrons. The molecule has 0 saturated carbocycles. The zero-order valence-corrected chi connectivity index (χ0v) is 11.7. The molecule has 1 atom stereocenters. The Morgan fingerprint density at radius 1 is 1.44 bits per heavy atom. The van der Waals surface area contributed by atoms with Gasteiger partial charge in [-0.05, 0) is 47.5 Å². The highest BCUT2D eigenvalue weighted by Gasteiger charge is 2.25. The number of carboxylic acid groups (broad SMARTS) is 1. The number of carboxylic acids is 1. The molecule has 2 rings (SSSR count). The lowest BCUT2D eigenvalue weighted by Gasteiger charge is -2.18. The first-order chi connectivity index (χ1) is 8.49. The maximum atomic E-state index is 11.3. The predicted molar refractivity (Wildman–Crippen MR) is 68.9 cm³/mol. The van der Waals surface area contributed by atoms with E-state index in [1.807, 2.05) is 13.8 Å². The van der Waals surface area contributed by atoms with E-state index in [2.05, 4.69) is 21.2 Å². The molecule has 0 amide bonds. The number of halogens is 1. The van der Waals surface area contributed by atoms with E-state index in [0.29, 0.717) is 21.5 Å². The highest BCUT2D eigenvalue weighted by molar-refractivity contribution is 9.10. The summed E-state index contributed by atoms with van der Waals surface area (Å²) in [5.41, 5.74) is 0.632. The van der Waals surface area contributed by atoms with Gasteiger partial charge in [-0.3, -0.25) is 10.1 Å². The number of hydrogen-bond acceptors (Lipinski definition) is 4. The molecule has 18 heavy (non-hydrogen) atoms. The van der Waals surface area contributed by atoms with E-state index >= 15 is 0 Å². The Labute approximate surface area is 113 Å². The zero-order valence-electron chi connectivity index (χ0n) is 10.1. The van der Waals surface area contributed by atoms with Crippen LogP contribution in [0.25, 0.3) is 0 Å². The van der Waals surface area contributed by atoms with E-state index < -0.39 is 12.0 Å². The molecule has 1 aliphatic heterocycles. The molecule has 0 radical (unpaired) electrons. The number of carbonyl (C=O) groups is 1. The van der Waals surface area contributed by atoms with Crippen molar-refractivity contribution in [3.05, 3.63) is 22.2 Å². The van der Waals surface area contributed by atoms with Gasteiger partial charge in [0.2, 0.25) is 6.79 Å². The van der Waals surface area contributed by atoms with Crippen molar-refractivity contribution in [2.24, 2.45) is 0 Å². The summed E-state index contributed by atoms with van der Waals surface area (Å²) in [7, 11) is 0. The standard InChI is InChI=1S/C12H14BrNO4/c1-6(2)14-10(12(15)16)7-3-8(13)11-9(4-7)17-5-18-11/h3-4,6,10,14H,5H2,1-2H3,(H,15,16). The molecule has 0 spiro atoms. The monoisotopic (exact) mass is 315 g/mol. The van der Waals surface area contributed by atoms with E-state index in [0.717, 1.165) is 0 Å². The molecule has 1 aliphatic rings. The van der Waals surface area contributed by atoms with Gasteiger partial charge in [0.1, 0.15) is 6.04 Å². The van der Waals surface area contributed by atoms with Gasteiger partial charge in [0, 0.05) is 6.04 Å². The molecule has 1 heterocycles. The summed E-state index contributed by atoms with van der Waals surface area (Å²) < 4.78 is 11.2. The van der Waals surface area contributed by atoms with Gasteiger partial charge < -0.3 is 14.6 Å². The fourth-order valence-corrected chi connectivity index (χ4v) is 2.37. The van der Waals surface area contributed by atoms with Crippen molar-refractivity contribution >= 4 is 21.9 Å². The molecule has 1 aromatic carbocycles. The van der Waals surface area contributed by atoms with Crippen molar-refractivity contribution in [3.8, 4) is 11.5 Å². The second-order valence-electron chi connectivity index (χ2n) is 4.33. The Bertz CT molecular complexity index is 475. The average Bonchev–Trinajstić information content (AvgIpc) is 2.73. The Morgan fingerprint density at radius 2 is 2.17 bits per heavy atom. The zero-order chi connectivity index (χ0) is 13.3. The van der Waals surface area contributed by atoms with Gasteiger partial charge in [-0.2, -0.15) is 0 Å². The number of rotatable bonds is 4. The molecule has 0 aliphatic carbocycles. The van der Waals surface area contributed by atoms with Gasteiger partial charge in [-0.1, -0.05) is 0 Å². The fourth-order valence-electron chi connectivity index (χ4n) is 1.80. The third kappa shape index (κ3) is 2.59. The number of ether oxygens (including phenoxy) is 2. The van der Waals surface area contributed by atoms with Gasteiger partial charge >= 0.3 is 5.97 Å². The topological polar surface area (TPSA) is 67.8 Å². The smallest absolute Gasteiger partial charge is 0.325 e. The summed E-state index contributed by atoms with van der Waals surface area (Å²) >= 11 is 3.36. The molecule has 0 saturated heterocycles. The number of nitrogens with one attached hydrogen (secondary N) is 1. The minimum absolute atomic E-state index is 0.0651. The van der Waals surface area contributed by atoms with Crippen LogP contribution in [-0.2, 0) is 4.79 Å². The van der Waals surface area contributed by atoms with Crippen LogP contribution in [0.5, 0.6) is 11.5 Å². The summed E-state index contributed by atoms with van der Waals surface area (Å²) in [6.45, 7) is 3.96. The Balaban J connectivity index is 2.36. The van der Waals surface area contributed by atoms with E-state index in [-0.39, 0.29) is 12.8 Å². The molecule has 6 heteroatoms. The highest BCUT2D eigenvalue weighted by Crippen LogP contribution is 2.41. The van der Waals surface area contributed by atoms with E-state index in [1.54, 1.807) is 12.1 Å². The van der Waals surface area contributed by atoms with Crippen molar-refractivity contribution < 1.29 is 19.4 Å². The summed E-state index contributed by atoms with van der Waals surface area (Å²) in [5.74, 6) is 0.262. The summed E-state index contributed by atoms with van der Waals surface area (Å²) in [4.78, 5) is 11.3.